The molecule has 2 fully saturated rings. The molecule has 0 spiro atoms. The summed E-state index contributed by atoms with van der Waals surface area (Å²) in [5, 5.41) is 11.5. The summed E-state index contributed by atoms with van der Waals surface area (Å²) in [5.41, 5.74) is 0.801. The van der Waals surface area contributed by atoms with Crippen LogP contribution in [0.25, 0.3) is 0 Å². The molecular weight excluding hydrogens is 294 g/mol. The summed E-state index contributed by atoms with van der Waals surface area (Å²) in [4.78, 5) is 2.54. The van der Waals surface area contributed by atoms with Gasteiger partial charge in [-0.3, -0.25) is 0 Å². The van der Waals surface area contributed by atoms with Crippen LogP contribution in [0.3, 0.4) is 0 Å². The molecule has 124 valence electrons. The Labute approximate surface area is 141 Å². The lowest BCUT2D eigenvalue weighted by Crippen LogP contribution is -2.48. The summed E-state index contributed by atoms with van der Waals surface area (Å²) >= 11 is 0. The number of aliphatic hydroxyl groups is 1. The molecule has 1 aromatic rings. The topological polar surface area (TPSA) is 23.5 Å². The molecule has 0 bridgehead atoms. The summed E-state index contributed by atoms with van der Waals surface area (Å²) in [7, 11) is 0. The van der Waals surface area contributed by atoms with Crippen LogP contribution in [0.1, 0.15) is 56.9 Å². The molecule has 2 nitrogen and oxygen atoms in total. The van der Waals surface area contributed by atoms with E-state index in [-0.39, 0.29) is 12.4 Å². The van der Waals surface area contributed by atoms with Gasteiger partial charge in [-0.1, -0.05) is 50.1 Å². The molecular formula is C19H30ClNO. The lowest BCUT2D eigenvalue weighted by Gasteiger charge is -2.45. The summed E-state index contributed by atoms with van der Waals surface area (Å²) in [6, 6.07) is 10.7. The third-order valence-electron chi connectivity index (χ3n) is 5.71. The first-order chi connectivity index (χ1) is 10.2. The number of halogens is 1. The smallest absolute Gasteiger partial charge is 0.0753 e. The summed E-state index contributed by atoms with van der Waals surface area (Å²) in [6.07, 6.45) is 7.16. The highest BCUT2D eigenvalue weighted by molar-refractivity contribution is 5.85. The van der Waals surface area contributed by atoms with E-state index in [0.29, 0.717) is 11.8 Å². The van der Waals surface area contributed by atoms with E-state index < -0.39 is 5.60 Å². The minimum Gasteiger partial charge on any atom is -0.389 e. The highest BCUT2D eigenvalue weighted by atomic mass is 35.5. The highest BCUT2D eigenvalue weighted by Gasteiger charge is 2.44. The molecule has 3 atom stereocenters. The minimum atomic E-state index is -0.526. The van der Waals surface area contributed by atoms with Crippen LogP contribution in [0.15, 0.2) is 30.3 Å². The first kappa shape index (κ1) is 17.8. The standard InChI is InChI=1S/C19H29NO.ClH/c1-16(15-20-13-7-8-14-20)19(21)12-6-5-11-18(19)17-9-3-2-4-10-17;/h2-4,9-10,16,18,21H,5-8,11-15H2,1H3;1H. The van der Waals surface area contributed by atoms with E-state index in [2.05, 4.69) is 42.2 Å². The van der Waals surface area contributed by atoms with Crippen LogP contribution < -0.4 is 0 Å². The molecule has 1 aromatic carbocycles. The van der Waals surface area contributed by atoms with Crippen molar-refractivity contribution in [3.05, 3.63) is 35.9 Å². The van der Waals surface area contributed by atoms with Crippen molar-refractivity contribution >= 4 is 12.4 Å². The number of hydrogen-bond acceptors (Lipinski definition) is 2. The lowest BCUT2D eigenvalue weighted by molar-refractivity contribution is -0.0692. The number of benzene rings is 1. The van der Waals surface area contributed by atoms with Gasteiger partial charge in [-0.05, 0) is 50.3 Å². The normalized spacial score (nSPS) is 30.7. The number of hydrogen-bond donors (Lipinski definition) is 1. The van der Waals surface area contributed by atoms with E-state index in [0.717, 1.165) is 19.4 Å². The van der Waals surface area contributed by atoms with Crippen LogP contribution in [0.2, 0.25) is 0 Å². The molecule has 3 rings (SSSR count). The average molecular weight is 324 g/mol. The maximum atomic E-state index is 11.5. The highest BCUT2D eigenvalue weighted by Crippen LogP contribution is 2.45. The maximum absolute atomic E-state index is 11.5. The summed E-state index contributed by atoms with van der Waals surface area (Å²) in [6.45, 7) is 5.76. The maximum Gasteiger partial charge on any atom is 0.0753 e. The van der Waals surface area contributed by atoms with Gasteiger partial charge in [0.1, 0.15) is 0 Å². The zero-order valence-electron chi connectivity index (χ0n) is 13.7. The Bertz CT molecular complexity index is 446. The average Bonchev–Trinajstić information content (AvgIpc) is 3.01. The van der Waals surface area contributed by atoms with Gasteiger partial charge >= 0.3 is 0 Å². The van der Waals surface area contributed by atoms with E-state index in [1.165, 1.54) is 44.3 Å². The van der Waals surface area contributed by atoms with Gasteiger partial charge in [-0.15, -0.1) is 12.4 Å². The van der Waals surface area contributed by atoms with E-state index in [9.17, 15) is 5.11 Å². The van der Waals surface area contributed by atoms with Gasteiger partial charge in [-0.2, -0.15) is 0 Å². The van der Waals surface area contributed by atoms with Crippen LogP contribution in [-0.4, -0.2) is 35.2 Å². The van der Waals surface area contributed by atoms with Gasteiger partial charge in [-0.25, -0.2) is 0 Å². The fourth-order valence-corrected chi connectivity index (χ4v) is 4.42. The largest absolute Gasteiger partial charge is 0.389 e. The first-order valence-corrected chi connectivity index (χ1v) is 8.70. The van der Waals surface area contributed by atoms with E-state index in [1.807, 2.05) is 0 Å². The molecule has 1 aliphatic carbocycles. The molecule has 22 heavy (non-hydrogen) atoms. The fraction of sp³-hybridized carbons (Fsp3) is 0.684. The van der Waals surface area contributed by atoms with Crippen molar-refractivity contribution in [2.75, 3.05) is 19.6 Å². The second kappa shape index (κ2) is 7.81. The molecule has 0 radical (unpaired) electrons. The van der Waals surface area contributed by atoms with Crippen LogP contribution in [0.5, 0.6) is 0 Å². The van der Waals surface area contributed by atoms with Crippen LogP contribution in [0, 0.1) is 5.92 Å². The Balaban J connectivity index is 0.00000176. The van der Waals surface area contributed by atoms with E-state index in [4.69, 9.17) is 0 Å². The molecule has 1 heterocycles. The van der Waals surface area contributed by atoms with E-state index in [1.54, 1.807) is 0 Å². The van der Waals surface area contributed by atoms with Crippen molar-refractivity contribution in [3.8, 4) is 0 Å². The van der Waals surface area contributed by atoms with Gasteiger partial charge in [0.15, 0.2) is 0 Å². The zero-order chi connectivity index (χ0) is 14.7. The van der Waals surface area contributed by atoms with Gasteiger partial charge in [0.2, 0.25) is 0 Å². The van der Waals surface area contributed by atoms with Gasteiger partial charge in [0, 0.05) is 12.5 Å². The second-order valence-electron chi connectivity index (χ2n) is 7.11. The quantitative estimate of drug-likeness (QED) is 0.896. The SMILES string of the molecule is CC(CN1CCCC1)C1(O)CCCCC1c1ccccc1.Cl. The molecule has 2 aliphatic rings. The molecule has 0 aromatic heterocycles. The van der Waals surface area contributed by atoms with E-state index >= 15 is 0 Å². The van der Waals surface area contributed by atoms with Crippen LogP contribution in [-0.2, 0) is 0 Å². The Hall–Kier alpha value is -0.570. The summed E-state index contributed by atoms with van der Waals surface area (Å²) < 4.78 is 0. The van der Waals surface area contributed by atoms with Gasteiger partial charge in [0.25, 0.3) is 0 Å². The molecule has 1 saturated carbocycles. The van der Waals surface area contributed by atoms with Crippen molar-refractivity contribution in [2.45, 2.75) is 57.0 Å². The third-order valence-corrected chi connectivity index (χ3v) is 5.71. The molecule has 0 amide bonds. The predicted octanol–water partition coefficient (Wildman–Crippen LogP) is 4.23. The van der Waals surface area contributed by atoms with Crippen molar-refractivity contribution in [1.29, 1.82) is 0 Å². The van der Waals surface area contributed by atoms with Crippen molar-refractivity contribution in [3.63, 3.8) is 0 Å². The van der Waals surface area contributed by atoms with Crippen molar-refractivity contribution < 1.29 is 5.11 Å². The molecule has 1 N–H and O–H groups in total. The molecule has 1 aliphatic heterocycles. The number of nitrogens with zero attached hydrogens (tertiary/aromatic N) is 1. The molecule has 3 unspecified atom stereocenters. The third kappa shape index (κ3) is 3.67. The Morgan fingerprint density at radius 3 is 2.50 bits per heavy atom. The van der Waals surface area contributed by atoms with Crippen molar-refractivity contribution in [1.82, 2.24) is 4.90 Å². The summed E-state index contributed by atoms with van der Waals surface area (Å²) in [5.74, 6) is 0.658. The number of likely N-dealkylation sites (tertiary alicyclic amines) is 1. The van der Waals surface area contributed by atoms with Gasteiger partial charge in [0.05, 0.1) is 5.60 Å². The van der Waals surface area contributed by atoms with Crippen LogP contribution >= 0.6 is 12.4 Å². The fourth-order valence-electron chi connectivity index (χ4n) is 4.42. The monoisotopic (exact) mass is 323 g/mol. The lowest BCUT2D eigenvalue weighted by atomic mass is 9.66. The van der Waals surface area contributed by atoms with Crippen LogP contribution in [0.4, 0.5) is 0 Å². The first-order valence-electron chi connectivity index (χ1n) is 8.70. The minimum absolute atomic E-state index is 0. The Kier molecular flexibility index (Phi) is 6.31. The predicted molar refractivity (Wildman–Crippen MR) is 94.7 cm³/mol. The van der Waals surface area contributed by atoms with Gasteiger partial charge < -0.3 is 10.0 Å². The second-order valence-corrected chi connectivity index (χ2v) is 7.11. The molecule has 1 saturated heterocycles. The molecule has 3 heteroatoms. The Morgan fingerprint density at radius 2 is 1.82 bits per heavy atom. The zero-order valence-corrected chi connectivity index (χ0v) is 14.5. The van der Waals surface area contributed by atoms with Crippen molar-refractivity contribution in [2.24, 2.45) is 5.92 Å². The Morgan fingerprint density at radius 1 is 1.14 bits per heavy atom. The number of rotatable bonds is 4.